The third-order valence-electron chi connectivity index (χ3n) is 3.47. The number of oxime groups is 1. The van der Waals surface area contributed by atoms with Crippen molar-refractivity contribution in [1.82, 2.24) is 14.6 Å². The van der Waals surface area contributed by atoms with Crippen molar-refractivity contribution in [2.45, 2.75) is 25.7 Å². The van der Waals surface area contributed by atoms with Crippen LogP contribution in [0.5, 0.6) is 0 Å². The summed E-state index contributed by atoms with van der Waals surface area (Å²) in [5.41, 5.74) is -2.56. The van der Waals surface area contributed by atoms with Gasteiger partial charge in [0.05, 0.1) is 12.8 Å². The van der Waals surface area contributed by atoms with Gasteiger partial charge in [-0.2, -0.15) is 8.42 Å². The summed E-state index contributed by atoms with van der Waals surface area (Å²) in [6.07, 6.45) is 0.486. The summed E-state index contributed by atoms with van der Waals surface area (Å²) < 4.78 is 61.2. The first kappa shape index (κ1) is 23.9. The number of ether oxygens (including phenoxy) is 1. The SMILES string of the molecule is COC1(NC(=O)/C(=N/OC(C)C)c2csc(NS(C)(=O)=O)n2)CN(S(=O)(=O)O)C1=O. The predicted octanol–water partition coefficient (Wildman–Crippen LogP) is -1.25. The molecule has 2 rings (SSSR count). The Kier molecular flexibility index (Phi) is 6.72. The molecule has 1 atom stereocenters. The van der Waals surface area contributed by atoms with Crippen LogP contribution in [0.15, 0.2) is 10.5 Å². The molecule has 0 spiro atoms. The van der Waals surface area contributed by atoms with Gasteiger partial charge in [0.1, 0.15) is 11.8 Å². The van der Waals surface area contributed by atoms with Crippen LogP contribution < -0.4 is 10.0 Å². The van der Waals surface area contributed by atoms with E-state index in [0.29, 0.717) is 0 Å². The first-order valence-electron chi connectivity index (χ1n) is 8.03. The van der Waals surface area contributed by atoms with E-state index in [4.69, 9.17) is 14.1 Å². The van der Waals surface area contributed by atoms with Crippen LogP contribution in [0.25, 0.3) is 0 Å². The maximum Gasteiger partial charge on any atom is 0.362 e. The van der Waals surface area contributed by atoms with E-state index >= 15 is 0 Å². The quantitative estimate of drug-likeness (QED) is 0.125. The molecule has 0 aliphatic carbocycles. The Balaban J connectivity index is 2.31. The highest BCUT2D eigenvalue weighted by molar-refractivity contribution is 7.92. The molecule has 30 heavy (non-hydrogen) atoms. The van der Waals surface area contributed by atoms with Gasteiger partial charge in [-0.05, 0) is 13.8 Å². The number of nitrogens with zero attached hydrogens (tertiary/aromatic N) is 3. The molecule has 168 valence electrons. The van der Waals surface area contributed by atoms with Gasteiger partial charge < -0.3 is 14.9 Å². The summed E-state index contributed by atoms with van der Waals surface area (Å²) in [7, 11) is -7.38. The fourth-order valence-electron chi connectivity index (χ4n) is 2.13. The highest BCUT2D eigenvalue weighted by Gasteiger charge is 2.59. The molecule has 0 radical (unpaired) electrons. The van der Waals surface area contributed by atoms with Gasteiger partial charge in [-0.25, -0.2) is 17.7 Å². The minimum atomic E-state index is -4.82. The van der Waals surface area contributed by atoms with E-state index in [1.54, 1.807) is 13.8 Å². The van der Waals surface area contributed by atoms with E-state index in [1.807, 2.05) is 0 Å². The summed E-state index contributed by atoms with van der Waals surface area (Å²) >= 11 is 0.868. The Hall–Kier alpha value is -2.34. The molecule has 1 aromatic rings. The maximum absolute atomic E-state index is 12.8. The van der Waals surface area contributed by atoms with Crippen molar-refractivity contribution in [2.75, 3.05) is 24.6 Å². The van der Waals surface area contributed by atoms with Crippen molar-refractivity contribution in [3.63, 3.8) is 0 Å². The molecule has 1 aliphatic heterocycles. The Bertz CT molecular complexity index is 1080. The molecule has 2 amide bonds. The average Bonchev–Trinajstić information content (AvgIpc) is 3.02. The lowest BCUT2D eigenvalue weighted by atomic mass is 10.1. The molecule has 1 aliphatic rings. The van der Waals surface area contributed by atoms with Crippen molar-refractivity contribution >= 4 is 54.3 Å². The molecule has 0 bridgehead atoms. The number of β-lactam (4-membered cyclic amide) rings is 1. The van der Waals surface area contributed by atoms with Crippen molar-refractivity contribution < 1.29 is 40.6 Å². The number of sulfonamides is 1. The Morgan fingerprint density at radius 2 is 2.03 bits per heavy atom. The van der Waals surface area contributed by atoms with E-state index < -0.39 is 56.2 Å². The zero-order valence-corrected chi connectivity index (χ0v) is 18.6. The number of thiazole rings is 1. The van der Waals surface area contributed by atoms with E-state index in [0.717, 1.165) is 24.7 Å². The lowest BCUT2D eigenvalue weighted by molar-refractivity contribution is -0.179. The lowest BCUT2D eigenvalue weighted by Gasteiger charge is -2.44. The zero-order chi connectivity index (χ0) is 22.9. The molecule has 0 aromatic carbocycles. The minimum absolute atomic E-state index is 0.0451. The molecule has 14 nitrogen and oxygen atoms in total. The molecule has 2 heterocycles. The van der Waals surface area contributed by atoms with Crippen LogP contribution in [0.4, 0.5) is 5.13 Å². The molecule has 0 saturated carbocycles. The Morgan fingerprint density at radius 1 is 1.40 bits per heavy atom. The first-order chi connectivity index (χ1) is 13.7. The average molecular weight is 486 g/mol. The van der Waals surface area contributed by atoms with Gasteiger partial charge in [-0.3, -0.25) is 18.9 Å². The fraction of sp³-hybridized carbons (Fsp3) is 0.538. The third-order valence-corrected chi connectivity index (χ3v) is 5.77. The van der Waals surface area contributed by atoms with Crippen LogP contribution in [0.2, 0.25) is 0 Å². The van der Waals surface area contributed by atoms with Gasteiger partial charge in [-0.15, -0.1) is 11.3 Å². The summed E-state index contributed by atoms with van der Waals surface area (Å²) in [4.78, 5) is 34.0. The van der Waals surface area contributed by atoms with Crippen LogP contribution in [0.1, 0.15) is 19.5 Å². The van der Waals surface area contributed by atoms with Crippen LogP contribution >= 0.6 is 11.3 Å². The maximum atomic E-state index is 12.8. The monoisotopic (exact) mass is 485 g/mol. The normalized spacial score (nSPS) is 20.1. The number of amides is 2. The van der Waals surface area contributed by atoms with Crippen molar-refractivity contribution in [2.24, 2.45) is 5.16 Å². The number of rotatable bonds is 9. The Labute approximate surface area is 176 Å². The minimum Gasteiger partial charge on any atom is -0.392 e. The molecule has 3 N–H and O–H groups in total. The Morgan fingerprint density at radius 3 is 2.50 bits per heavy atom. The molecule has 1 saturated heterocycles. The molecule has 17 heteroatoms. The highest BCUT2D eigenvalue weighted by Crippen LogP contribution is 2.26. The van der Waals surface area contributed by atoms with Crippen molar-refractivity contribution in [1.29, 1.82) is 0 Å². The number of hydrogen-bond acceptors (Lipinski definition) is 11. The molecule has 1 fully saturated rings. The van der Waals surface area contributed by atoms with Crippen molar-refractivity contribution in [3.05, 3.63) is 11.1 Å². The number of nitrogens with one attached hydrogen (secondary N) is 2. The zero-order valence-electron chi connectivity index (χ0n) is 16.1. The van der Waals surface area contributed by atoms with E-state index in [-0.39, 0.29) is 15.1 Å². The van der Waals surface area contributed by atoms with Crippen LogP contribution in [0.3, 0.4) is 0 Å². The van der Waals surface area contributed by atoms with Crippen LogP contribution in [-0.4, -0.2) is 79.9 Å². The second-order valence-electron chi connectivity index (χ2n) is 6.28. The molecular weight excluding hydrogens is 466 g/mol. The standard InChI is InChI=1S/C13H19N5O9S3/c1-7(2)27-16-9(8-5-28-12(14-8)17-29(4,21)22)10(19)15-13(26-3)6-18(11(13)20)30(23,24)25/h5,7H,6H2,1-4H3,(H,14,17)(H,15,19)(H,23,24,25)/b16-9+. The van der Waals surface area contributed by atoms with Gasteiger partial charge in [-0.1, -0.05) is 5.16 Å². The van der Waals surface area contributed by atoms with Gasteiger partial charge >= 0.3 is 10.3 Å². The number of hydrogen-bond donors (Lipinski definition) is 3. The summed E-state index contributed by atoms with van der Waals surface area (Å²) in [5.74, 6) is -2.24. The number of aromatic nitrogens is 1. The highest BCUT2D eigenvalue weighted by atomic mass is 32.2. The van der Waals surface area contributed by atoms with Gasteiger partial charge in [0.2, 0.25) is 15.7 Å². The summed E-state index contributed by atoms with van der Waals surface area (Å²) in [6.45, 7) is 2.59. The van der Waals surface area contributed by atoms with Crippen LogP contribution in [0, 0.1) is 0 Å². The van der Waals surface area contributed by atoms with Gasteiger partial charge in [0.15, 0.2) is 10.8 Å². The number of methoxy groups -OCH3 is 1. The van der Waals surface area contributed by atoms with E-state index in [9.17, 15) is 26.4 Å². The number of anilines is 1. The van der Waals surface area contributed by atoms with Gasteiger partial charge in [0, 0.05) is 12.5 Å². The first-order valence-corrected chi connectivity index (χ1v) is 12.2. The van der Waals surface area contributed by atoms with Crippen molar-refractivity contribution in [3.8, 4) is 0 Å². The fourth-order valence-corrected chi connectivity index (χ4v) is 4.38. The molecular formula is C13H19N5O9S3. The van der Waals surface area contributed by atoms with Crippen LogP contribution in [-0.2, 0) is 39.5 Å². The topological polar surface area (TPSA) is 194 Å². The molecule has 1 unspecified atom stereocenters. The lowest BCUT2D eigenvalue weighted by Crippen LogP contribution is -2.76. The van der Waals surface area contributed by atoms with Gasteiger partial charge in [0.25, 0.3) is 11.8 Å². The molecule has 1 aromatic heterocycles. The predicted molar refractivity (Wildman–Crippen MR) is 104 cm³/mol. The summed E-state index contributed by atoms with van der Waals surface area (Å²) in [5, 5.41) is 7.17. The second kappa shape index (κ2) is 8.42. The smallest absolute Gasteiger partial charge is 0.362 e. The second-order valence-corrected chi connectivity index (χ2v) is 10.2. The van der Waals surface area contributed by atoms with E-state index in [2.05, 4.69) is 20.2 Å². The largest absolute Gasteiger partial charge is 0.392 e. The number of carbonyl (C=O) groups is 2. The summed E-state index contributed by atoms with van der Waals surface area (Å²) in [6, 6.07) is 0. The number of carbonyl (C=O) groups excluding carboxylic acids is 2. The third kappa shape index (κ3) is 5.42. The van der Waals surface area contributed by atoms with E-state index in [1.165, 1.54) is 5.38 Å².